The maximum Gasteiger partial charge on any atom is 0.416 e. The van der Waals surface area contributed by atoms with Gasteiger partial charge in [-0.3, -0.25) is 0 Å². The number of alkyl halides is 3. The van der Waals surface area contributed by atoms with Crippen molar-refractivity contribution in [2.75, 3.05) is 6.61 Å². The lowest BCUT2D eigenvalue weighted by Crippen LogP contribution is -2.47. The van der Waals surface area contributed by atoms with E-state index in [-0.39, 0.29) is 11.6 Å². The van der Waals surface area contributed by atoms with E-state index >= 15 is 0 Å². The zero-order valence-electron chi connectivity index (χ0n) is 10.8. The molecule has 1 fully saturated rings. The molecule has 7 heteroatoms. The van der Waals surface area contributed by atoms with Gasteiger partial charge in [-0.2, -0.15) is 13.2 Å². The number of carbonyl (C=O) groups is 1. The number of alkyl carbamates (subject to hydrolysis) is 1. The number of hydrogen-bond donors (Lipinski definition) is 1. The van der Waals surface area contributed by atoms with Crippen LogP contribution in [0.25, 0.3) is 0 Å². The van der Waals surface area contributed by atoms with E-state index in [0.717, 1.165) is 12.1 Å². The molecule has 1 aliphatic heterocycles. The number of cyclic esters (lactones) is 1. The summed E-state index contributed by atoms with van der Waals surface area (Å²) in [5.41, 5.74) is -1.07. The van der Waals surface area contributed by atoms with E-state index in [0.29, 0.717) is 5.56 Å². The molecule has 2 rings (SSSR count). The molecule has 1 aliphatic rings. The Morgan fingerprint density at radius 3 is 2.60 bits per heavy atom. The van der Waals surface area contributed by atoms with E-state index < -0.39 is 29.3 Å². The van der Waals surface area contributed by atoms with Crippen molar-refractivity contribution >= 4 is 17.7 Å². The summed E-state index contributed by atoms with van der Waals surface area (Å²) in [6.45, 7) is 3.72. The van der Waals surface area contributed by atoms with Crippen LogP contribution in [0.1, 0.15) is 31.0 Å². The van der Waals surface area contributed by atoms with Crippen molar-refractivity contribution in [1.82, 2.24) is 5.32 Å². The van der Waals surface area contributed by atoms with Gasteiger partial charge in [-0.15, -0.1) is 0 Å². The Kier molecular flexibility index (Phi) is 3.62. The van der Waals surface area contributed by atoms with Crippen LogP contribution in [0.2, 0.25) is 5.02 Å². The molecule has 0 aromatic heterocycles. The Hall–Kier alpha value is -1.43. The standard InChI is InChI=1S/C13H13ClF3NO2/c1-12(2)6-20-11(19)18-10(12)7-3-8(13(15,16)17)5-9(14)4-7/h3-5,10H,6H2,1-2H3,(H,18,19)/t10-/m0/s1. The number of benzene rings is 1. The van der Waals surface area contributed by atoms with Crippen molar-refractivity contribution in [3.8, 4) is 0 Å². The maximum absolute atomic E-state index is 12.8. The van der Waals surface area contributed by atoms with Gasteiger partial charge in [0.15, 0.2) is 0 Å². The van der Waals surface area contributed by atoms with E-state index in [4.69, 9.17) is 16.3 Å². The zero-order chi connectivity index (χ0) is 15.1. The van der Waals surface area contributed by atoms with Gasteiger partial charge in [0.1, 0.15) is 6.61 Å². The first kappa shape index (κ1) is 15.0. The van der Waals surface area contributed by atoms with E-state index in [1.54, 1.807) is 13.8 Å². The second-order valence-corrected chi connectivity index (χ2v) is 5.85. The lowest BCUT2D eigenvalue weighted by molar-refractivity contribution is -0.137. The van der Waals surface area contributed by atoms with Crippen LogP contribution in [0.4, 0.5) is 18.0 Å². The molecule has 3 nitrogen and oxygen atoms in total. The van der Waals surface area contributed by atoms with E-state index in [1.165, 1.54) is 6.07 Å². The number of hydrogen-bond acceptors (Lipinski definition) is 2. The molecule has 1 aromatic carbocycles. The van der Waals surface area contributed by atoms with Crippen molar-refractivity contribution in [2.24, 2.45) is 5.41 Å². The summed E-state index contributed by atoms with van der Waals surface area (Å²) in [6.07, 6.45) is -5.14. The monoisotopic (exact) mass is 307 g/mol. The second kappa shape index (κ2) is 4.84. The molecular formula is C13H13ClF3NO2. The van der Waals surface area contributed by atoms with Gasteiger partial charge in [-0.05, 0) is 23.8 Å². The molecule has 0 radical (unpaired) electrons. The van der Waals surface area contributed by atoms with Gasteiger partial charge < -0.3 is 10.1 Å². The van der Waals surface area contributed by atoms with E-state index in [2.05, 4.69) is 5.32 Å². The lowest BCUT2D eigenvalue weighted by atomic mass is 9.80. The van der Waals surface area contributed by atoms with Crippen molar-refractivity contribution in [2.45, 2.75) is 26.1 Å². The second-order valence-electron chi connectivity index (χ2n) is 5.41. The molecule has 1 aromatic rings. The Balaban J connectivity index is 2.46. The molecule has 110 valence electrons. The quantitative estimate of drug-likeness (QED) is 0.846. The highest BCUT2D eigenvalue weighted by Gasteiger charge is 2.39. The fourth-order valence-corrected chi connectivity index (χ4v) is 2.41. The van der Waals surface area contributed by atoms with Gasteiger partial charge in [0, 0.05) is 10.4 Å². The Morgan fingerprint density at radius 1 is 1.35 bits per heavy atom. The van der Waals surface area contributed by atoms with Gasteiger partial charge in [-0.25, -0.2) is 4.79 Å². The first-order chi connectivity index (χ1) is 9.09. The molecule has 0 spiro atoms. The summed E-state index contributed by atoms with van der Waals surface area (Å²) < 4.78 is 43.3. The van der Waals surface area contributed by atoms with Crippen LogP contribution >= 0.6 is 11.6 Å². The van der Waals surface area contributed by atoms with Crippen LogP contribution in [0.15, 0.2) is 18.2 Å². The third kappa shape index (κ3) is 3.00. The molecule has 0 saturated carbocycles. The lowest BCUT2D eigenvalue weighted by Gasteiger charge is -2.38. The number of halogens is 4. The van der Waals surface area contributed by atoms with E-state index in [9.17, 15) is 18.0 Å². The third-order valence-corrected chi connectivity index (χ3v) is 3.42. The topological polar surface area (TPSA) is 38.3 Å². The fourth-order valence-electron chi connectivity index (χ4n) is 2.17. The number of nitrogens with one attached hydrogen (secondary N) is 1. The van der Waals surface area contributed by atoms with Gasteiger partial charge in [-0.1, -0.05) is 25.4 Å². The average Bonchev–Trinajstić information content (AvgIpc) is 2.30. The fraction of sp³-hybridized carbons (Fsp3) is 0.462. The Labute approximate surface area is 119 Å². The Morgan fingerprint density at radius 2 is 2.00 bits per heavy atom. The van der Waals surface area contributed by atoms with Gasteiger partial charge >= 0.3 is 12.3 Å². The molecule has 0 unspecified atom stereocenters. The summed E-state index contributed by atoms with van der Waals surface area (Å²) in [4.78, 5) is 11.3. The minimum absolute atomic E-state index is 0.0219. The SMILES string of the molecule is CC1(C)COC(=O)N[C@H]1c1cc(Cl)cc(C(F)(F)F)c1. The largest absolute Gasteiger partial charge is 0.449 e. The summed E-state index contributed by atoms with van der Waals surface area (Å²) in [7, 11) is 0. The predicted octanol–water partition coefficient (Wildman–Crippen LogP) is 4.17. The predicted molar refractivity (Wildman–Crippen MR) is 67.5 cm³/mol. The minimum Gasteiger partial charge on any atom is -0.449 e. The highest BCUT2D eigenvalue weighted by Crippen LogP contribution is 2.40. The van der Waals surface area contributed by atoms with Crippen LogP contribution in [-0.2, 0) is 10.9 Å². The van der Waals surface area contributed by atoms with Crippen LogP contribution in [0.3, 0.4) is 0 Å². The first-order valence-electron chi connectivity index (χ1n) is 5.90. The third-order valence-electron chi connectivity index (χ3n) is 3.20. The normalized spacial score (nSPS) is 22.1. The van der Waals surface area contributed by atoms with Crippen LogP contribution in [0.5, 0.6) is 0 Å². The number of ether oxygens (including phenoxy) is 1. The number of amides is 1. The molecule has 1 amide bonds. The van der Waals surface area contributed by atoms with Crippen LogP contribution in [-0.4, -0.2) is 12.7 Å². The van der Waals surface area contributed by atoms with Crippen molar-refractivity contribution in [3.05, 3.63) is 34.3 Å². The smallest absolute Gasteiger partial charge is 0.416 e. The highest BCUT2D eigenvalue weighted by atomic mass is 35.5. The van der Waals surface area contributed by atoms with Crippen LogP contribution in [0, 0.1) is 5.41 Å². The molecule has 0 aliphatic carbocycles. The van der Waals surface area contributed by atoms with Gasteiger partial charge in [0.25, 0.3) is 0 Å². The van der Waals surface area contributed by atoms with Crippen molar-refractivity contribution in [3.63, 3.8) is 0 Å². The molecule has 0 bridgehead atoms. The summed E-state index contributed by atoms with van der Waals surface area (Å²) in [5.74, 6) is 0. The van der Waals surface area contributed by atoms with Gasteiger partial charge in [0.05, 0.1) is 11.6 Å². The van der Waals surface area contributed by atoms with Crippen LogP contribution < -0.4 is 5.32 Å². The molecule has 1 atom stereocenters. The maximum atomic E-state index is 12.8. The molecule has 20 heavy (non-hydrogen) atoms. The average molecular weight is 308 g/mol. The zero-order valence-corrected chi connectivity index (χ0v) is 11.6. The Bertz CT molecular complexity index is 543. The summed E-state index contributed by atoms with van der Waals surface area (Å²) in [6, 6.07) is 2.70. The molecule has 1 N–H and O–H groups in total. The number of carbonyl (C=O) groups excluding carboxylic acids is 1. The van der Waals surface area contributed by atoms with Crippen molar-refractivity contribution in [1.29, 1.82) is 0 Å². The molecule has 1 heterocycles. The van der Waals surface area contributed by atoms with Crippen molar-refractivity contribution < 1.29 is 22.7 Å². The molecule has 1 saturated heterocycles. The minimum atomic E-state index is -4.49. The van der Waals surface area contributed by atoms with Gasteiger partial charge in [0.2, 0.25) is 0 Å². The summed E-state index contributed by atoms with van der Waals surface area (Å²) in [5, 5.41) is 2.52. The number of rotatable bonds is 1. The highest BCUT2D eigenvalue weighted by molar-refractivity contribution is 6.30. The molecular weight excluding hydrogens is 295 g/mol. The first-order valence-corrected chi connectivity index (χ1v) is 6.28. The summed E-state index contributed by atoms with van der Waals surface area (Å²) >= 11 is 5.76. The van der Waals surface area contributed by atoms with E-state index in [1.807, 2.05) is 0 Å².